The second kappa shape index (κ2) is 7.04. The van der Waals surface area contributed by atoms with Crippen molar-refractivity contribution in [2.24, 2.45) is 0 Å². The van der Waals surface area contributed by atoms with E-state index in [9.17, 15) is 0 Å². The number of aliphatic hydroxyl groups excluding tert-OH is 1. The summed E-state index contributed by atoms with van der Waals surface area (Å²) in [5, 5.41) is 21.5. The van der Waals surface area contributed by atoms with E-state index in [2.05, 4.69) is 15.6 Å². The van der Waals surface area contributed by atoms with Crippen molar-refractivity contribution in [3.8, 4) is 5.69 Å². The molecule has 1 heterocycles. The van der Waals surface area contributed by atoms with Gasteiger partial charge in [-0.05, 0) is 38.1 Å². The summed E-state index contributed by atoms with van der Waals surface area (Å²) < 4.78 is 1.65. The first-order chi connectivity index (χ1) is 9.56. The Hall–Kier alpha value is -1.14. The fraction of sp³-hybridized carbons (Fsp3) is 0.385. The molecule has 1 aromatic carbocycles. The van der Waals surface area contributed by atoms with E-state index in [4.69, 9.17) is 28.3 Å². The molecule has 2 aromatic rings. The van der Waals surface area contributed by atoms with Gasteiger partial charge in [0.1, 0.15) is 0 Å². The second-order valence-electron chi connectivity index (χ2n) is 4.57. The van der Waals surface area contributed by atoms with Crippen LogP contribution in [0.3, 0.4) is 0 Å². The smallest absolute Gasteiger partial charge is 0.0969 e. The normalized spacial score (nSPS) is 12.6. The van der Waals surface area contributed by atoms with E-state index < -0.39 is 0 Å². The number of nitrogens with one attached hydrogen (secondary N) is 1. The van der Waals surface area contributed by atoms with E-state index in [0.29, 0.717) is 23.0 Å². The third kappa shape index (κ3) is 4.18. The maximum atomic E-state index is 9.16. The molecule has 0 bridgehead atoms. The van der Waals surface area contributed by atoms with Gasteiger partial charge in [-0.15, -0.1) is 5.10 Å². The summed E-state index contributed by atoms with van der Waals surface area (Å²) in [5.74, 6) is 0. The van der Waals surface area contributed by atoms with E-state index >= 15 is 0 Å². The van der Waals surface area contributed by atoms with Crippen molar-refractivity contribution in [3.05, 3.63) is 40.1 Å². The average Bonchev–Trinajstić information content (AvgIpc) is 2.86. The molecule has 0 radical (unpaired) electrons. The van der Waals surface area contributed by atoms with Crippen LogP contribution in [0.2, 0.25) is 10.0 Å². The molecule has 2 rings (SSSR count). The molecule has 7 heteroatoms. The Balaban J connectivity index is 1.96. The van der Waals surface area contributed by atoms with Gasteiger partial charge in [0, 0.05) is 6.54 Å². The van der Waals surface area contributed by atoms with Gasteiger partial charge in [-0.1, -0.05) is 28.4 Å². The molecule has 0 unspecified atom stereocenters. The minimum atomic E-state index is -0.297. The lowest BCUT2D eigenvalue weighted by molar-refractivity contribution is 0.183. The summed E-state index contributed by atoms with van der Waals surface area (Å²) >= 11 is 11.8. The number of benzene rings is 1. The van der Waals surface area contributed by atoms with E-state index in [1.165, 1.54) is 0 Å². The van der Waals surface area contributed by atoms with E-state index in [1.54, 1.807) is 23.7 Å². The molecule has 0 saturated carbocycles. The van der Waals surface area contributed by atoms with Crippen LogP contribution in [0, 0.1) is 0 Å². The first kappa shape index (κ1) is 15.3. The highest BCUT2D eigenvalue weighted by Crippen LogP contribution is 2.24. The molecular formula is C13H16Cl2N4O. The summed E-state index contributed by atoms with van der Waals surface area (Å²) in [4.78, 5) is 0. The van der Waals surface area contributed by atoms with Crippen molar-refractivity contribution >= 4 is 23.2 Å². The van der Waals surface area contributed by atoms with Gasteiger partial charge in [-0.3, -0.25) is 0 Å². The van der Waals surface area contributed by atoms with Gasteiger partial charge in [-0.2, -0.15) is 0 Å². The van der Waals surface area contributed by atoms with Crippen molar-refractivity contribution in [1.29, 1.82) is 0 Å². The van der Waals surface area contributed by atoms with Gasteiger partial charge in [0.25, 0.3) is 0 Å². The fourth-order valence-corrected chi connectivity index (χ4v) is 1.95. The zero-order valence-electron chi connectivity index (χ0n) is 11.1. The molecule has 1 aromatic heterocycles. The number of hydrogen-bond acceptors (Lipinski definition) is 4. The number of halogens is 2. The topological polar surface area (TPSA) is 63.0 Å². The van der Waals surface area contributed by atoms with E-state index in [0.717, 1.165) is 17.9 Å². The lowest BCUT2D eigenvalue weighted by Gasteiger charge is -2.04. The van der Waals surface area contributed by atoms with E-state index in [1.807, 2.05) is 12.3 Å². The standard InChI is InChI=1S/C13H16Cl2N4O/c1-9(20)4-5-16-7-10-8-19(18-17-10)11-2-3-12(14)13(15)6-11/h2-3,6,8-9,16,20H,4-5,7H2,1H3/t9-/m1/s1. The minimum absolute atomic E-state index is 0.297. The van der Waals surface area contributed by atoms with Gasteiger partial charge in [0.05, 0.1) is 33.7 Å². The molecule has 0 aliphatic heterocycles. The fourth-order valence-electron chi connectivity index (χ4n) is 1.66. The zero-order chi connectivity index (χ0) is 14.5. The number of hydrogen-bond donors (Lipinski definition) is 2. The van der Waals surface area contributed by atoms with Crippen molar-refractivity contribution < 1.29 is 5.11 Å². The average molecular weight is 315 g/mol. The van der Waals surface area contributed by atoms with Crippen LogP contribution >= 0.6 is 23.2 Å². The Kier molecular flexibility index (Phi) is 5.37. The van der Waals surface area contributed by atoms with Crippen LogP contribution in [0.4, 0.5) is 0 Å². The van der Waals surface area contributed by atoms with Gasteiger partial charge in [-0.25, -0.2) is 4.68 Å². The number of nitrogens with zero attached hydrogens (tertiary/aromatic N) is 3. The lowest BCUT2D eigenvalue weighted by Crippen LogP contribution is -2.18. The van der Waals surface area contributed by atoms with Crippen molar-refractivity contribution in [2.75, 3.05) is 6.54 Å². The summed E-state index contributed by atoms with van der Waals surface area (Å²) in [6, 6.07) is 5.29. The Morgan fingerprint density at radius 1 is 1.35 bits per heavy atom. The summed E-state index contributed by atoms with van der Waals surface area (Å²) in [7, 11) is 0. The first-order valence-corrected chi connectivity index (χ1v) is 7.07. The molecule has 0 spiro atoms. The van der Waals surface area contributed by atoms with Crippen LogP contribution in [0.5, 0.6) is 0 Å². The van der Waals surface area contributed by atoms with Crippen molar-refractivity contribution in [1.82, 2.24) is 20.3 Å². The van der Waals surface area contributed by atoms with Crippen molar-refractivity contribution in [3.63, 3.8) is 0 Å². The van der Waals surface area contributed by atoms with Crippen LogP contribution in [0.25, 0.3) is 5.69 Å². The number of aromatic nitrogens is 3. The Labute approximate surface area is 127 Å². The van der Waals surface area contributed by atoms with E-state index in [-0.39, 0.29) is 6.10 Å². The molecule has 0 aliphatic carbocycles. The quantitative estimate of drug-likeness (QED) is 0.804. The summed E-state index contributed by atoms with van der Waals surface area (Å²) in [6.07, 6.45) is 2.24. The van der Waals surface area contributed by atoms with Gasteiger partial charge in [0.15, 0.2) is 0 Å². The highest BCUT2D eigenvalue weighted by Gasteiger charge is 2.05. The number of rotatable bonds is 6. The monoisotopic (exact) mass is 314 g/mol. The zero-order valence-corrected chi connectivity index (χ0v) is 12.6. The highest BCUT2D eigenvalue weighted by molar-refractivity contribution is 6.42. The third-order valence-electron chi connectivity index (χ3n) is 2.75. The molecule has 5 nitrogen and oxygen atoms in total. The minimum Gasteiger partial charge on any atom is -0.393 e. The maximum Gasteiger partial charge on any atom is 0.0969 e. The Bertz CT molecular complexity index is 571. The second-order valence-corrected chi connectivity index (χ2v) is 5.38. The molecule has 0 aliphatic rings. The molecular weight excluding hydrogens is 299 g/mol. The van der Waals surface area contributed by atoms with Gasteiger partial charge >= 0.3 is 0 Å². The molecule has 1 atom stereocenters. The highest BCUT2D eigenvalue weighted by atomic mass is 35.5. The maximum absolute atomic E-state index is 9.16. The summed E-state index contributed by atoms with van der Waals surface area (Å²) in [6.45, 7) is 3.10. The Morgan fingerprint density at radius 3 is 2.85 bits per heavy atom. The molecule has 0 amide bonds. The molecule has 20 heavy (non-hydrogen) atoms. The molecule has 0 fully saturated rings. The predicted octanol–water partition coefficient (Wildman–Crippen LogP) is 2.43. The third-order valence-corrected chi connectivity index (χ3v) is 3.49. The molecule has 2 N–H and O–H groups in total. The Morgan fingerprint density at radius 2 is 2.15 bits per heavy atom. The van der Waals surface area contributed by atoms with Crippen LogP contribution in [0.15, 0.2) is 24.4 Å². The van der Waals surface area contributed by atoms with Gasteiger partial charge in [0.2, 0.25) is 0 Å². The van der Waals surface area contributed by atoms with Crippen LogP contribution in [-0.2, 0) is 6.54 Å². The van der Waals surface area contributed by atoms with Crippen LogP contribution in [0.1, 0.15) is 19.0 Å². The van der Waals surface area contributed by atoms with Gasteiger partial charge < -0.3 is 10.4 Å². The van der Waals surface area contributed by atoms with Crippen molar-refractivity contribution in [2.45, 2.75) is 26.0 Å². The summed E-state index contributed by atoms with van der Waals surface area (Å²) in [5.41, 5.74) is 1.63. The largest absolute Gasteiger partial charge is 0.393 e. The molecule has 108 valence electrons. The van der Waals surface area contributed by atoms with Crippen LogP contribution in [-0.4, -0.2) is 32.7 Å². The molecule has 0 saturated heterocycles. The van der Waals surface area contributed by atoms with Crippen LogP contribution < -0.4 is 5.32 Å². The number of aliphatic hydroxyl groups is 1. The lowest BCUT2D eigenvalue weighted by atomic mass is 10.3. The first-order valence-electron chi connectivity index (χ1n) is 6.31. The predicted molar refractivity (Wildman–Crippen MR) is 79.4 cm³/mol. The SMILES string of the molecule is C[C@@H](O)CCNCc1cn(-c2ccc(Cl)c(Cl)c2)nn1.